The molecule has 0 fully saturated rings. The number of hydrogen-bond donors (Lipinski definition) is 4. The van der Waals surface area contributed by atoms with Gasteiger partial charge in [0.15, 0.2) is 0 Å². The van der Waals surface area contributed by atoms with Gasteiger partial charge >= 0.3 is 0 Å². The Morgan fingerprint density at radius 1 is 0.304 bits per heavy atom. The number of aromatic hydroxyl groups is 4. The average Bonchev–Trinajstić information content (AvgIpc) is 3.07. The molecule has 0 saturated carbocycles. The van der Waals surface area contributed by atoms with Crippen LogP contribution in [-0.2, 0) is 0 Å². The van der Waals surface area contributed by atoms with Gasteiger partial charge in [0.25, 0.3) is 0 Å². The first-order chi connectivity index (χ1) is 21.5. The van der Waals surface area contributed by atoms with E-state index >= 15 is 0 Å². The van der Waals surface area contributed by atoms with Gasteiger partial charge in [0.05, 0.1) is 0 Å². The van der Waals surface area contributed by atoms with Crippen molar-refractivity contribution in [1.82, 2.24) is 19.9 Å². The predicted octanol–water partition coefficient (Wildman–Crippen LogP) is 7.80. The summed E-state index contributed by atoms with van der Waals surface area (Å²) in [5.41, 5.74) is 2.65. The molecule has 0 aliphatic heterocycles. The van der Waals surface area contributed by atoms with Gasteiger partial charge in [0, 0.05) is 57.3 Å². The fraction of sp³-hybridized carbons (Fsp3) is 0. The molecule has 0 saturated heterocycles. The van der Waals surface area contributed by atoms with E-state index in [1.165, 1.54) is 0 Å². The minimum Gasteiger partial charge on any atom is -0.506 e. The number of benzene rings is 4. The molecule has 0 aliphatic carbocycles. The monoisotopic (exact) mass is 644 g/mol. The van der Waals surface area contributed by atoms with Crippen LogP contribution in [0.1, 0.15) is 0 Å². The van der Waals surface area contributed by atoms with Gasteiger partial charge in [-0.05, 0) is 48.5 Å². The molecule has 8 aromatic rings. The maximum atomic E-state index is 9.31. The van der Waals surface area contributed by atoms with Crippen molar-refractivity contribution in [1.29, 1.82) is 0 Å². The highest BCUT2D eigenvalue weighted by Gasteiger charge is 1.99. The Labute approximate surface area is 275 Å². The van der Waals surface area contributed by atoms with Crippen molar-refractivity contribution in [2.24, 2.45) is 0 Å². The summed E-state index contributed by atoms with van der Waals surface area (Å²) < 4.78 is 0. The standard InChI is InChI=1S/4C9H7NO.ClH.Si/c4*11-8-5-1-3-7-4-2-6-10-9(7)8;;/h4*1-6,11H;1H;. The maximum absolute atomic E-state index is 9.31. The second-order valence-corrected chi connectivity index (χ2v) is 9.41. The number of phenols is 4. The molecule has 228 valence electrons. The van der Waals surface area contributed by atoms with E-state index in [-0.39, 0.29) is 46.4 Å². The first-order valence-corrected chi connectivity index (χ1v) is 13.6. The van der Waals surface area contributed by atoms with E-state index in [4.69, 9.17) is 0 Å². The minimum atomic E-state index is 0. The van der Waals surface area contributed by atoms with Crippen LogP contribution >= 0.6 is 12.4 Å². The van der Waals surface area contributed by atoms with Crippen LogP contribution in [0.4, 0.5) is 0 Å². The molecule has 8 nitrogen and oxygen atoms in total. The van der Waals surface area contributed by atoms with Crippen molar-refractivity contribution in [3.63, 3.8) is 0 Å². The topological polar surface area (TPSA) is 132 Å². The van der Waals surface area contributed by atoms with E-state index < -0.39 is 0 Å². The van der Waals surface area contributed by atoms with E-state index in [0.717, 1.165) is 21.5 Å². The molecule has 4 radical (unpaired) electrons. The van der Waals surface area contributed by atoms with Crippen LogP contribution in [0.2, 0.25) is 0 Å². The van der Waals surface area contributed by atoms with Crippen LogP contribution in [0.3, 0.4) is 0 Å². The van der Waals surface area contributed by atoms with Crippen molar-refractivity contribution < 1.29 is 20.4 Å². The fourth-order valence-electron chi connectivity index (χ4n) is 4.35. The summed E-state index contributed by atoms with van der Waals surface area (Å²) in [6.45, 7) is 0. The highest BCUT2D eigenvalue weighted by molar-refractivity contribution is 5.86. The second kappa shape index (κ2) is 16.9. The molecule has 0 unspecified atom stereocenters. The number of rotatable bonds is 0. The Balaban J connectivity index is 0.000000165. The van der Waals surface area contributed by atoms with Crippen LogP contribution in [-0.4, -0.2) is 51.3 Å². The molecule has 0 aliphatic rings. The molecule has 0 spiro atoms. The average molecular weight is 645 g/mol. The molecular formula is C36H29ClN4O4Si. The molecule has 0 atom stereocenters. The van der Waals surface area contributed by atoms with E-state index in [9.17, 15) is 20.4 Å². The number of halogens is 1. The zero-order valence-corrected chi connectivity index (χ0v) is 26.2. The highest BCUT2D eigenvalue weighted by atomic mass is 35.5. The fourth-order valence-corrected chi connectivity index (χ4v) is 4.35. The Kier molecular flexibility index (Phi) is 12.8. The Morgan fingerprint density at radius 3 is 0.696 bits per heavy atom. The van der Waals surface area contributed by atoms with Crippen LogP contribution in [0, 0.1) is 0 Å². The lowest BCUT2D eigenvalue weighted by Gasteiger charge is -1.96. The lowest BCUT2D eigenvalue weighted by molar-refractivity contribution is 0.480. The Morgan fingerprint density at radius 2 is 0.500 bits per heavy atom. The largest absolute Gasteiger partial charge is 0.506 e. The number of fused-ring (bicyclic) bond motifs is 4. The van der Waals surface area contributed by atoms with Crippen molar-refractivity contribution in [3.05, 3.63) is 146 Å². The molecule has 4 aromatic carbocycles. The highest BCUT2D eigenvalue weighted by Crippen LogP contribution is 2.23. The van der Waals surface area contributed by atoms with Gasteiger partial charge < -0.3 is 20.4 Å². The molecule has 8 rings (SSSR count). The smallest absolute Gasteiger partial charge is 0.141 e. The third kappa shape index (κ3) is 8.66. The van der Waals surface area contributed by atoms with Crippen molar-refractivity contribution in [2.75, 3.05) is 0 Å². The second-order valence-electron chi connectivity index (χ2n) is 9.41. The normalized spacial score (nSPS) is 9.74. The number of pyridine rings is 4. The zero-order valence-electron chi connectivity index (χ0n) is 24.3. The SMILES string of the molecule is Cl.Oc1cccc2cccnc12.Oc1cccc2cccnc12.Oc1cccc2cccnc12.Oc1cccc2cccnc12.[Si]. The summed E-state index contributed by atoms with van der Waals surface area (Å²) in [7, 11) is 0. The van der Waals surface area contributed by atoms with Crippen molar-refractivity contribution >= 4 is 67.0 Å². The molecule has 46 heavy (non-hydrogen) atoms. The van der Waals surface area contributed by atoms with E-state index in [0.29, 0.717) is 22.1 Å². The van der Waals surface area contributed by atoms with Crippen LogP contribution in [0.15, 0.2) is 146 Å². The quantitative estimate of drug-likeness (QED) is 0.123. The lowest BCUT2D eigenvalue weighted by atomic mass is 10.2. The molecule has 0 amide bonds. The molecule has 4 heterocycles. The third-order valence-corrected chi connectivity index (χ3v) is 6.45. The van der Waals surface area contributed by atoms with Gasteiger partial charge in [-0.1, -0.05) is 72.8 Å². The first kappa shape index (κ1) is 34.7. The number of hydrogen-bond acceptors (Lipinski definition) is 8. The Bertz CT molecular complexity index is 1840. The summed E-state index contributed by atoms with van der Waals surface area (Å²) in [5, 5.41) is 41.1. The van der Waals surface area contributed by atoms with Crippen molar-refractivity contribution in [3.8, 4) is 23.0 Å². The van der Waals surface area contributed by atoms with Gasteiger partial charge in [0.1, 0.15) is 45.1 Å². The number of para-hydroxylation sites is 4. The van der Waals surface area contributed by atoms with Gasteiger partial charge in [-0.25, -0.2) is 0 Å². The van der Waals surface area contributed by atoms with Gasteiger partial charge in [-0.2, -0.15) is 0 Å². The molecule has 0 bridgehead atoms. The predicted molar refractivity (Wildman–Crippen MR) is 187 cm³/mol. The van der Waals surface area contributed by atoms with E-state index in [1.807, 2.05) is 72.8 Å². The van der Waals surface area contributed by atoms with E-state index in [1.54, 1.807) is 73.3 Å². The van der Waals surface area contributed by atoms with E-state index in [2.05, 4.69) is 19.9 Å². The molecule has 10 heteroatoms. The third-order valence-electron chi connectivity index (χ3n) is 6.45. The summed E-state index contributed by atoms with van der Waals surface area (Å²) >= 11 is 0. The summed E-state index contributed by atoms with van der Waals surface area (Å²) in [4.78, 5) is 16.1. The minimum absolute atomic E-state index is 0. The molecule has 4 N–H and O–H groups in total. The summed E-state index contributed by atoms with van der Waals surface area (Å²) in [6, 6.07) is 36.5. The van der Waals surface area contributed by atoms with Gasteiger partial charge in [-0.3, -0.25) is 19.9 Å². The van der Waals surface area contributed by atoms with Gasteiger partial charge in [-0.15, -0.1) is 12.4 Å². The zero-order chi connectivity index (χ0) is 30.7. The maximum Gasteiger partial charge on any atom is 0.141 e. The Hall–Kier alpha value is -5.77. The number of phenolic OH excluding ortho intramolecular Hbond substituents is 4. The number of aromatic nitrogens is 4. The van der Waals surface area contributed by atoms with Crippen LogP contribution in [0.25, 0.3) is 43.6 Å². The summed E-state index contributed by atoms with van der Waals surface area (Å²) in [6.07, 6.45) is 6.67. The van der Waals surface area contributed by atoms with Crippen LogP contribution in [0.5, 0.6) is 23.0 Å². The van der Waals surface area contributed by atoms with Gasteiger partial charge in [0.2, 0.25) is 0 Å². The summed E-state index contributed by atoms with van der Waals surface area (Å²) in [5.74, 6) is 0.956. The number of nitrogens with zero attached hydrogens (tertiary/aromatic N) is 4. The van der Waals surface area contributed by atoms with Crippen LogP contribution < -0.4 is 0 Å². The van der Waals surface area contributed by atoms with Crippen molar-refractivity contribution in [2.45, 2.75) is 0 Å². The first-order valence-electron chi connectivity index (χ1n) is 13.6. The molecular weight excluding hydrogens is 616 g/mol. The lowest BCUT2D eigenvalue weighted by Crippen LogP contribution is -1.76. The molecule has 4 aromatic heterocycles.